The number of aliphatic imine (C=N–C) groups is 1. The summed E-state index contributed by atoms with van der Waals surface area (Å²) in [4.78, 5) is 32.7. The number of nitrogens with zero attached hydrogens (tertiary/aromatic N) is 5. The molecule has 2 N–H and O–H groups in total. The number of rotatable bonds is 9. The Morgan fingerprint density at radius 2 is 1.80 bits per heavy atom. The van der Waals surface area contributed by atoms with Crippen molar-refractivity contribution in [3.8, 4) is 6.07 Å². The van der Waals surface area contributed by atoms with Gasteiger partial charge in [0.1, 0.15) is 11.8 Å². The molecule has 1 fully saturated rings. The molecule has 3 rings (SSSR count). The molecule has 214 valence electrons. The molecule has 2 amide bonds. The average Bonchev–Trinajstić information content (AvgIpc) is 3.23. The fourth-order valence-corrected chi connectivity index (χ4v) is 4.50. The highest BCUT2D eigenvalue weighted by Crippen LogP contribution is 2.31. The molecule has 0 aliphatic carbocycles. The van der Waals surface area contributed by atoms with Crippen molar-refractivity contribution in [2.75, 3.05) is 38.6 Å². The zero-order valence-electron chi connectivity index (χ0n) is 25.0. The summed E-state index contributed by atoms with van der Waals surface area (Å²) in [6, 6.07) is 9.55. The molecule has 0 radical (unpaired) electrons. The van der Waals surface area contributed by atoms with Gasteiger partial charge in [0.25, 0.3) is 5.91 Å². The van der Waals surface area contributed by atoms with Gasteiger partial charge in [-0.05, 0) is 66.6 Å². The second-order valence-electron chi connectivity index (χ2n) is 10.3. The molecule has 2 heterocycles. The van der Waals surface area contributed by atoms with Crippen LogP contribution < -0.4 is 10.2 Å². The number of allylic oxidation sites excluding steroid dienone is 2. The van der Waals surface area contributed by atoms with E-state index in [1.165, 1.54) is 49.2 Å². The van der Waals surface area contributed by atoms with Crippen LogP contribution in [0.25, 0.3) is 0 Å². The number of hydrogen-bond donors (Lipinski definition) is 2. The van der Waals surface area contributed by atoms with Gasteiger partial charge in [0, 0.05) is 43.3 Å². The fraction of sp³-hybridized carbons (Fsp3) is 0.452. The maximum atomic E-state index is 13.6. The number of carbonyl (C=O) groups excluding carboxylic acids is 2. The number of amides is 2. The molecule has 1 aliphatic rings. The van der Waals surface area contributed by atoms with Crippen molar-refractivity contribution in [2.45, 2.75) is 60.4 Å². The number of carbonyl (C=O) groups is 2. The van der Waals surface area contributed by atoms with Gasteiger partial charge < -0.3 is 25.1 Å². The topological polar surface area (TPSA) is 118 Å². The Bertz CT molecular complexity index is 1290. The zero-order valence-corrected chi connectivity index (χ0v) is 25.0. The minimum atomic E-state index is -0.318. The van der Waals surface area contributed by atoms with Gasteiger partial charge in [-0.25, -0.2) is 0 Å². The Labute approximate surface area is 238 Å². The summed E-state index contributed by atoms with van der Waals surface area (Å²) in [6.07, 6.45) is 6.78. The Morgan fingerprint density at radius 3 is 2.30 bits per heavy atom. The summed E-state index contributed by atoms with van der Waals surface area (Å²) in [5.41, 5.74) is 5.09. The molecule has 1 aromatic carbocycles. The van der Waals surface area contributed by atoms with Gasteiger partial charge in [-0.2, -0.15) is 5.26 Å². The quantitative estimate of drug-likeness (QED) is 0.255. The summed E-state index contributed by atoms with van der Waals surface area (Å²) in [6.45, 7) is 12.4. The molecular formula is C31H43N7O2. The normalized spacial score (nSPS) is 12.9. The number of aromatic nitrogens is 1. The number of piperidine rings is 1. The first-order valence-corrected chi connectivity index (χ1v) is 13.6. The second-order valence-corrected chi connectivity index (χ2v) is 10.3. The van der Waals surface area contributed by atoms with Crippen LogP contribution in [0.2, 0.25) is 0 Å². The summed E-state index contributed by atoms with van der Waals surface area (Å²) < 4.78 is 1.78. The molecule has 0 bridgehead atoms. The smallest absolute Gasteiger partial charge is 0.272 e. The van der Waals surface area contributed by atoms with Crippen LogP contribution in [0.5, 0.6) is 0 Å². The molecule has 1 saturated heterocycles. The minimum absolute atomic E-state index is 0.239. The van der Waals surface area contributed by atoms with E-state index in [1.54, 1.807) is 25.5 Å². The molecule has 0 atom stereocenters. The molecule has 1 aromatic heterocycles. The van der Waals surface area contributed by atoms with Gasteiger partial charge in [0.05, 0.1) is 23.5 Å². The Hall–Kier alpha value is -4.03. The molecule has 0 saturated carbocycles. The summed E-state index contributed by atoms with van der Waals surface area (Å²) in [7, 11) is 3.20. The number of nitriles is 1. The van der Waals surface area contributed by atoms with Gasteiger partial charge in [-0.15, -0.1) is 0 Å². The Balaban J connectivity index is 0.000000821. The molecule has 1 aliphatic heterocycles. The summed E-state index contributed by atoms with van der Waals surface area (Å²) >= 11 is 0. The van der Waals surface area contributed by atoms with Crippen LogP contribution in [-0.2, 0) is 11.3 Å². The molecule has 40 heavy (non-hydrogen) atoms. The lowest BCUT2D eigenvalue weighted by atomic mass is 10.1. The lowest BCUT2D eigenvalue weighted by Crippen LogP contribution is -2.34. The van der Waals surface area contributed by atoms with E-state index in [4.69, 9.17) is 5.41 Å². The van der Waals surface area contributed by atoms with Gasteiger partial charge in [-0.3, -0.25) is 14.6 Å². The van der Waals surface area contributed by atoms with Gasteiger partial charge in [-0.1, -0.05) is 36.3 Å². The number of nitrogens with one attached hydrogen (secondary N) is 2. The second kappa shape index (κ2) is 15.5. The van der Waals surface area contributed by atoms with Crippen LogP contribution in [0.4, 0.5) is 11.4 Å². The van der Waals surface area contributed by atoms with Crippen LogP contribution in [0.1, 0.15) is 74.3 Å². The van der Waals surface area contributed by atoms with E-state index in [-0.39, 0.29) is 18.1 Å². The number of benzene rings is 1. The van der Waals surface area contributed by atoms with E-state index in [0.717, 1.165) is 11.1 Å². The van der Waals surface area contributed by atoms with E-state index in [1.807, 2.05) is 51.1 Å². The van der Waals surface area contributed by atoms with Crippen LogP contribution in [0.15, 0.2) is 40.9 Å². The lowest BCUT2D eigenvalue weighted by Gasteiger charge is -2.21. The predicted octanol–water partition coefficient (Wildman–Crippen LogP) is 5.24. The zero-order chi connectivity index (χ0) is 29.8. The monoisotopic (exact) mass is 545 g/mol. The lowest BCUT2D eigenvalue weighted by molar-refractivity contribution is -0.107. The van der Waals surface area contributed by atoms with E-state index in [0.29, 0.717) is 47.0 Å². The Morgan fingerprint density at radius 1 is 1.15 bits per heavy atom. The van der Waals surface area contributed by atoms with Crippen molar-refractivity contribution in [1.29, 1.82) is 10.7 Å². The molecule has 0 unspecified atom stereocenters. The molecule has 9 nitrogen and oxygen atoms in total. The first-order chi connectivity index (χ1) is 19.0. The molecule has 9 heteroatoms. The first-order valence-electron chi connectivity index (χ1n) is 13.6. The van der Waals surface area contributed by atoms with Gasteiger partial charge in [0.2, 0.25) is 6.41 Å². The highest BCUT2D eigenvalue weighted by atomic mass is 16.2. The highest BCUT2D eigenvalue weighted by molar-refractivity contribution is 6.05. The predicted molar refractivity (Wildman–Crippen MR) is 163 cm³/mol. The Kier molecular flexibility index (Phi) is 12.5. The number of para-hydroxylation sites is 1. The highest BCUT2D eigenvalue weighted by Gasteiger charge is 2.29. The van der Waals surface area contributed by atoms with Crippen molar-refractivity contribution in [1.82, 2.24) is 14.8 Å². The van der Waals surface area contributed by atoms with E-state index in [2.05, 4.69) is 16.4 Å². The molecule has 0 spiro atoms. The van der Waals surface area contributed by atoms with E-state index in [9.17, 15) is 14.9 Å². The van der Waals surface area contributed by atoms with Crippen LogP contribution in [0.3, 0.4) is 0 Å². The van der Waals surface area contributed by atoms with Gasteiger partial charge in [0.15, 0.2) is 0 Å². The average molecular weight is 546 g/mol. The van der Waals surface area contributed by atoms with Crippen LogP contribution in [-0.4, -0.2) is 66.9 Å². The third-order valence-corrected chi connectivity index (χ3v) is 6.64. The van der Waals surface area contributed by atoms with Gasteiger partial charge >= 0.3 is 0 Å². The fourth-order valence-electron chi connectivity index (χ4n) is 4.50. The van der Waals surface area contributed by atoms with Crippen molar-refractivity contribution in [2.24, 2.45) is 4.99 Å². The van der Waals surface area contributed by atoms with E-state index >= 15 is 0 Å². The third kappa shape index (κ3) is 8.48. The number of anilines is 1. The standard InChI is InChI=1S/C26H32N6O2.C5H11N/c1-17(2)12-13-32-20(5)22(14-27)24(31(7)16-33)25(32)26(34)30(6)15-18(3)29-23-11-9-8-10-21(23)19(4)28;1-2-4-6-5-3-1/h8-12,16,28H,13,15H2,1-7H3;6H,1-5H2. The summed E-state index contributed by atoms with van der Waals surface area (Å²) in [5, 5.41) is 21.0. The van der Waals surface area contributed by atoms with Crippen molar-refractivity contribution in [3.63, 3.8) is 0 Å². The van der Waals surface area contributed by atoms with Crippen molar-refractivity contribution >= 4 is 35.1 Å². The van der Waals surface area contributed by atoms with Crippen LogP contribution in [0, 0.1) is 23.7 Å². The molecular weight excluding hydrogens is 502 g/mol. The first kappa shape index (κ1) is 32.2. The van der Waals surface area contributed by atoms with E-state index < -0.39 is 0 Å². The maximum Gasteiger partial charge on any atom is 0.272 e. The number of hydrogen-bond acceptors (Lipinski definition) is 6. The third-order valence-electron chi connectivity index (χ3n) is 6.64. The van der Waals surface area contributed by atoms with Crippen LogP contribution >= 0.6 is 0 Å². The largest absolute Gasteiger partial charge is 0.335 e. The SMILES string of the molecule is C1CCNCC1.CC(=N)c1ccccc1N=C(C)CN(C)C(=O)c1c(N(C)C=O)c(C#N)c(C)n1CC=C(C)C. The van der Waals surface area contributed by atoms with Crippen molar-refractivity contribution < 1.29 is 9.59 Å². The van der Waals surface area contributed by atoms with Crippen molar-refractivity contribution in [3.05, 3.63) is 58.4 Å². The molecule has 2 aromatic rings. The maximum absolute atomic E-state index is 13.6. The summed E-state index contributed by atoms with van der Waals surface area (Å²) in [5.74, 6) is -0.318. The minimum Gasteiger partial charge on any atom is -0.335 e.